The second-order valence-electron chi connectivity index (χ2n) is 6.67. The Morgan fingerprint density at radius 3 is 1.92 bits per heavy atom. The molecule has 25 heavy (non-hydrogen) atoms. The van der Waals surface area contributed by atoms with Crippen LogP contribution in [-0.4, -0.2) is 6.36 Å². The molecule has 0 radical (unpaired) electrons. The summed E-state index contributed by atoms with van der Waals surface area (Å²) >= 11 is 0. The molecule has 0 bridgehead atoms. The number of rotatable bonds is 3. The number of hydrogen-bond acceptors (Lipinski definition) is 1. The molecule has 2 aromatic rings. The molecule has 0 unspecified atom stereocenters. The summed E-state index contributed by atoms with van der Waals surface area (Å²) in [6, 6.07) is 5.52. The van der Waals surface area contributed by atoms with Gasteiger partial charge in [0.1, 0.15) is 5.75 Å². The van der Waals surface area contributed by atoms with E-state index in [1.165, 1.54) is 12.1 Å². The summed E-state index contributed by atoms with van der Waals surface area (Å²) in [6.45, 7) is 5.36. The Labute approximate surface area is 141 Å². The van der Waals surface area contributed by atoms with Crippen molar-refractivity contribution in [3.8, 4) is 5.75 Å². The van der Waals surface area contributed by atoms with Crippen LogP contribution in [0, 0.1) is 17.5 Å². The fraction of sp³-hybridized carbons (Fsp3) is 0.333. The third kappa shape index (κ3) is 4.90. The first-order valence-electron chi connectivity index (χ1n) is 7.39. The number of alkyl halides is 3. The van der Waals surface area contributed by atoms with Crippen LogP contribution in [0.4, 0.5) is 26.3 Å². The van der Waals surface area contributed by atoms with Gasteiger partial charge in [-0.3, -0.25) is 0 Å². The van der Waals surface area contributed by atoms with Crippen molar-refractivity contribution in [2.45, 2.75) is 39.0 Å². The Morgan fingerprint density at radius 1 is 0.880 bits per heavy atom. The van der Waals surface area contributed by atoms with Crippen LogP contribution < -0.4 is 4.74 Å². The minimum Gasteiger partial charge on any atom is -0.406 e. The molecule has 0 N–H and O–H groups in total. The Kier molecular flexibility index (Phi) is 5.06. The summed E-state index contributed by atoms with van der Waals surface area (Å²) in [5.74, 6) is -4.57. The molecule has 0 fully saturated rings. The van der Waals surface area contributed by atoms with Crippen molar-refractivity contribution in [1.82, 2.24) is 0 Å². The number of halogens is 6. The molecule has 2 aromatic carbocycles. The van der Waals surface area contributed by atoms with Crippen LogP contribution in [0.1, 0.15) is 37.5 Å². The average molecular weight is 362 g/mol. The third-order valence-corrected chi connectivity index (χ3v) is 3.56. The molecule has 0 saturated carbocycles. The molecule has 136 valence electrons. The van der Waals surface area contributed by atoms with Crippen molar-refractivity contribution >= 4 is 0 Å². The molecular formula is C18H16F6O. The van der Waals surface area contributed by atoms with E-state index in [9.17, 15) is 26.3 Å². The van der Waals surface area contributed by atoms with Crippen LogP contribution >= 0.6 is 0 Å². The standard InChI is InChI=1S/C18H16F6O/c1-17(2,3)13-9-12(25-18(22,23)24)5-4-11(13)6-10-7-14(19)16(21)15(20)8-10/h4-5,7-9H,6H2,1-3H3. The smallest absolute Gasteiger partial charge is 0.406 e. The zero-order valence-corrected chi connectivity index (χ0v) is 13.8. The van der Waals surface area contributed by atoms with Gasteiger partial charge in [-0.05, 0) is 52.8 Å². The van der Waals surface area contributed by atoms with Gasteiger partial charge in [0.2, 0.25) is 0 Å². The molecule has 0 aliphatic rings. The fourth-order valence-electron chi connectivity index (χ4n) is 2.54. The molecule has 0 heterocycles. The Balaban J connectivity index is 2.43. The van der Waals surface area contributed by atoms with E-state index in [2.05, 4.69) is 4.74 Å². The maximum Gasteiger partial charge on any atom is 0.573 e. The van der Waals surface area contributed by atoms with E-state index in [0.29, 0.717) is 11.1 Å². The second-order valence-corrected chi connectivity index (χ2v) is 6.67. The van der Waals surface area contributed by atoms with Gasteiger partial charge in [0.05, 0.1) is 0 Å². The minimum absolute atomic E-state index is 0.0347. The summed E-state index contributed by atoms with van der Waals surface area (Å²) in [4.78, 5) is 0. The van der Waals surface area contributed by atoms with Crippen molar-refractivity contribution in [2.75, 3.05) is 0 Å². The highest BCUT2D eigenvalue weighted by molar-refractivity contribution is 5.42. The Bertz CT molecular complexity index is 751. The van der Waals surface area contributed by atoms with Crippen LogP contribution in [0.5, 0.6) is 5.75 Å². The molecule has 0 aliphatic heterocycles. The van der Waals surface area contributed by atoms with Gasteiger partial charge < -0.3 is 4.74 Å². The monoisotopic (exact) mass is 362 g/mol. The molecule has 1 nitrogen and oxygen atoms in total. The fourth-order valence-corrected chi connectivity index (χ4v) is 2.54. The number of hydrogen-bond donors (Lipinski definition) is 0. The van der Waals surface area contributed by atoms with Crippen molar-refractivity contribution in [2.24, 2.45) is 0 Å². The lowest BCUT2D eigenvalue weighted by molar-refractivity contribution is -0.274. The lowest BCUT2D eigenvalue weighted by Crippen LogP contribution is -2.19. The molecule has 0 atom stereocenters. The summed E-state index contributed by atoms with van der Waals surface area (Å²) in [7, 11) is 0. The lowest BCUT2D eigenvalue weighted by Gasteiger charge is -2.24. The average Bonchev–Trinajstić information content (AvgIpc) is 2.43. The summed E-state index contributed by atoms with van der Waals surface area (Å²) in [5, 5.41) is 0. The molecular weight excluding hydrogens is 346 g/mol. The highest BCUT2D eigenvalue weighted by Gasteiger charge is 2.32. The highest BCUT2D eigenvalue weighted by atomic mass is 19.4. The SMILES string of the molecule is CC(C)(C)c1cc(OC(F)(F)F)ccc1Cc1cc(F)c(F)c(F)c1. The molecule has 0 aliphatic carbocycles. The first kappa shape index (κ1) is 19.1. The highest BCUT2D eigenvalue weighted by Crippen LogP contribution is 2.33. The minimum atomic E-state index is -4.82. The van der Waals surface area contributed by atoms with E-state index >= 15 is 0 Å². The summed E-state index contributed by atoms with van der Waals surface area (Å²) in [6.07, 6.45) is -4.78. The largest absolute Gasteiger partial charge is 0.573 e. The zero-order chi connectivity index (χ0) is 19.0. The quantitative estimate of drug-likeness (QED) is 0.489. The van der Waals surface area contributed by atoms with Crippen molar-refractivity contribution in [3.63, 3.8) is 0 Å². The van der Waals surface area contributed by atoms with E-state index in [-0.39, 0.29) is 17.7 Å². The van der Waals surface area contributed by atoms with E-state index in [0.717, 1.165) is 18.2 Å². The van der Waals surface area contributed by atoms with Gasteiger partial charge in [-0.15, -0.1) is 13.2 Å². The van der Waals surface area contributed by atoms with Crippen LogP contribution in [0.2, 0.25) is 0 Å². The van der Waals surface area contributed by atoms with Gasteiger partial charge in [0.25, 0.3) is 0 Å². The number of benzene rings is 2. The topological polar surface area (TPSA) is 9.23 Å². The summed E-state index contributed by atoms with van der Waals surface area (Å²) < 4.78 is 80.9. The first-order valence-corrected chi connectivity index (χ1v) is 7.39. The van der Waals surface area contributed by atoms with E-state index in [4.69, 9.17) is 0 Å². The Morgan fingerprint density at radius 2 is 1.44 bits per heavy atom. The van der Waals surface area contributed by atoms with Crippen LogP contribution in [0.3, 0.4) is 0 Å². The normalized spacial score (nSPS) is 12.4. The molecule has 0 amide bonds. The Hall–Kier alpha value is -2.18. The van der Waals surface area contributed by atoms with Crippen molar-refractivity contribution < 1.29 is 31.1 Å². The molecule has 0 saturated heterocycles. The molecule has 2 rings (SSSR count). The molecule has 0 spiro atoms. The lowest BCUT2D eigenvalue weighted by atomic mass is 9.82. The van der Waals surface area contributed by atoms with Gasteiger partial charge >= 0.3 is 6.36 Å². The van der Waals surface area contributed by atoms with Crippen molar-refractivity contribution in [1.29, 1.82) is 0 Å². The second kappa shape index (κ2) is 6.61. The van der Waals surface area contributed by atoms with E-state index in [1.54, 1.807) is 20.8 Å². The van der Waals surface area contributed by atoms with Crippen LogP contribution in [-0.2, 0) is 11.8 Å². The van der Waals surface area contributed by atoms with E-state index in [1.807, 2.05) is 0 Å². The molecule has 7 heteroatoms. The molecule has 0 aromatic heterocycles. The predicted molar refractivity (Wildman–Crippen MR) is 80.9 cm³/mol. The van der Waals surface area contributed by atoms with Crippen molar-refractivity contribution in [3.05, 3.63) is 64.5 Å². The van der Waals surface area contributed by atoms with Gasteiger partial charge in [-0.2, -0.15) is 0 Å². The number of ether oxygens (including phenoxy) is 1. The first-order chi connectivity index (χ1) is 11.4. The van der Waals surface area contributed by atoms with Gasteiger partial charge in [0, 0.05) is 0 Å². The van der Waals surface area contributed by atoms with Gasteiger partial charge in [-0.25, -0.2) is 13.2 Å². The van der Waals surface area contributed by atoms with Gasteiger partial charge in [-0.1, -0.05) is 26.8 Å². The van der Waals surface area contributed by atoms with Gasteiger partial charge in [0.15, 0.2) is 17.5 Å². The summed E-state index contributed by atoms with van der Waals surface area (Å²) in [5.41, 5.74) is 0.718. The maximum absolute atomic E-state index is 13.4. The van der Waals surface area contributed by atoms with Crippen LogP contribution in [0.15, 0.2) is 30.3 Å². The zero-order valence-electron chi connectivity index (χ0n) is 13.8. The van der Waals surface area contributed by atoms with Crippen LogP contribution in [0.25, 0.3) is 0 Å². The van der Waals surface area contributed by atoms with E-state index < -0.39 is 29.2 Å². The predicted octanol–water partition coefficient (Wildman–Crippen LogP) is 5.89. The third-order valence-electron chi connectivity index (χ3n) is 3.56. The maximum atomic E-state index is 13.4.